The summed E-state index contributed by atoms with van der Waals surface area (Å²) in [7, 11) is 2.18. The SMILES string of the molecule is CCn1c(C2CCCN2C)nc2cccnc21. The zero-order chi connectivity index (χ0) is 11.8. The lowest BCUT2D eigenvalue weighted by atomic mass is 10.2. The topological polar surface area (TPSA) is 34.0 Å². The number of rotatable bonds is 2. The van der Waals surface area contributed by atoms with Gasteiger partial charge in [0, 0.05) is 12.7 Å². The van der Waals surface area contributed by atoms with E-state index in [9.17, 15) is 0 Å². The Morgan fingerprint density at radius 1 is 1.47 bits per heavy atom. The summed E-state index contributed by atoms with van der Waals surface area (Å²) in [6.07, 6.45) is 4.32. The summed E-state index contributed by atoms with van der Waals surface area (Å²) < 4.78 is 2.25. The van der Waals surface area contributed by atoms with Crippen molar-refractivity contribution in [3.05, 3.63) is 24.2 Å². The molecule has 3 rings (SSSR count). The van der Waals surface area contributed by atoms with Crippen LogP contribution >= 0.6 is 0 Å². The highest BCUT2D eigenvalue weighted by Crippen LogP contribution is 2.31. The summed E-state index contributed by atoms with van der Waals surface area (Å²) in [5.74, 6) is 1.18. The highest BCUT2D eigenvalue weighted by atomic mass is 15.2. The Labute approximate surface area is 101 Å². The number of hydrogen-bond acceptors (Lipinski definition) is 3. The Morgan fingerprint density at radius 2 is 2.35 bits per heavy atom. The molecule has 3 heterocycles. The maximum Gasteiger partial charge on any atom is 0.160 e. The van der Waals surface area contributed by atoms with E-state index in [4.69, 9.17) is 4.98 Å². The predicted molar refractivity (Wildman–Crippen MR) is 67.8 cm³/mol. The van der Waals surface area contributed by atoms with E-state index in [2.05, 4.69) is 28.4 Å². The van der Waals surface area contributed by atoms with Crippen molar-refractivity contribution < 1.29 is 0 Å². The normalized spacial score (nSPS) is 21.4. The first-order valence-corrected chi connectivity index (χ1v) is 6.32. The first-order valence-electron chi connectivity index (χ1n) is 6.32. The average molecular weight is 230 g/mol. The molecule has 2 aromatic rings. The van der Waals surface area contributed by atoms with Crippen LogP contribution in [0.2, 0.25) is 0 Å². The predicted octanol–water partition coefficient (Wildman–Crippen LogP) is 2.22. The molecular weight excluding hydrogens is 212 g/mol. The largest absolute Gasteiger partial charge is 0.312 e. The molecule has 0 saturated carbocycles. The van der Waals surface area contributed by atoms with Crippen molar-refractivity contribution in [3.8, 4) is 0 Å². The smallest absolute Gasteiger partial charge is 0.160 e. The molecule has 0 amide bonds. The van der Waals surface area contributed by atoms with E-state index in [1.807, 2.05) is 18.3 Å². The molecule has 0 bridgehead atoms. The summed E-state index contributed by atoms with van der Waals surface area (Å²) in [5.41, 5.74) is 2.04. The zero-order valence-corrected chi connectivity index (χ0v) is 10.4. The van der Waals surface area contributed by atoms with Crippen LogP contribution in [0, 0.1) is 0 Å². The molecule has 1 unspecified atom stereocenters. The van der Waals surface area contributed by atoms with Gasteiger partial charge in [-0.2, -0.15) is 0 Å². The van der Waals surface area contributed by atoms with Gasteiger partial charge in [-0.15, -0.1) is 0 Å². The Balaban J connectivity index is 2.15. The summed E-state index contributed by atoms with van der Waals surface area (Å²) in [6.45, 7) is 4.27. The van der Waals surface area contributed by atoms with E-state index in [0.29, 0.717) is 6.04 Å². The first kappa shape index (κ1) is 10.7. The number of hydrogen-bond donors (Lipinski definition) is 0. The number of aryl methyl sites for hydroxylation is 1. The fraction of sp³-hybridized carbons (Fsp3) is 0.538. The van der Waals surface area contributed by atoms with Crippen LogP contribution in [0.4, 0.5) is 0 Å². The number of pyridine rings is 1. The molecular formula is C13H18N4. The minimum Gasteiger partial charge on any atom is -0.312 e. The number of fused-ring (bicyclic) bond motifs is 1. The molecule has 0 radical (unpaired) electrons. The molecule has 1 fully saturated rings. The fourth-order valence-corrected chi connectivity index (χ4v) is 2.78. The molecule has 1 aliphatic rings. The van der Waals surface area contributed by atoms with E-state index < -0.39 is 0 Å². The van der Waals surface area contributed by atoms with Crippen molar-refractivity contribution in [1.29, 1.82) is 0 Å². The van der Waals surface area contributed by atoms with Crippen LogP contribution in [0.3, 0.4) is 0 Å². The molecule has 90 valence electrons. The third kappa shape index (κ3) is 1.63. The van der Waals surface area contributed by atoms with Gasteiger partial charge in [0.2, 0.25) is 0 Å². The maximum absolute atomic E-state index is 4.77. The van der Waals surface area contributed by atoms with Gasteiger partial charge in [-0.1, -0.05) is 0 Å². The molecule has 1 aliphatic heterocycles. The highest BCUT2D eigenvalue weighted by molar-refractivity contribution is 5.71. The van der Waals surface area contributed by atoms with Crippen LogP contribution in [-0.4, -0.2) is 33.0 Å². The fourth-order valence-electron chi connectivity index (χ4n) is 2.78. The van der Waals surface area contributed by atoms with Gasteiger partial charge in [-0.3, -0.25) is 4.90 Å². The molecule has 0 N–H and O–H groups in total. The van der Waals surface area contributed by atoms with Gasteiger partial charge in [0.05, 0.1) is 6.04 Å². The van der Waals surface area contributed by atoms with Gasteiger partial charge < -0.3 is 4.57 Å². The molecule has 2 aromatic heterocycles. The zero-order valence-electron chi connectivity index (χ0n) is 10.4. The Hall–Kier alpha value is -1.42. The molecule has 0 aliphatic carbocycles. The summed E-state index contributed by atoms with van der Waals surface area (Å²) in [6, 6.07) is 4.47. The molecule has 1 atom stereocenters. The lowest BCUT2D eigenvalue weighted by Gasteiger charge is -2.19. The van der Waals surface area contributed by atoms with Crippen LogP contribution in [0.15, 0.2) is 18.3 Å². The summed E-state index contributed by atoms with van der Waals surface area (Å²) in [5, 5.41) is 0. The molecule has 17 heavy (non-hydrogen) atoms. The lowest BCUT2D eigenvalue weighted by molar-refractivity contribution is 0.299. The maximum atomic E-state index is 4.77. The Bertz CT molecular complexity index is 531. The van der Waals surface area contributed by atoms with Gasteiger partial charge in [-0.05, 0) is 45.5 Å². The van der Waals surface area contributed by atoms with Crippen molar-refractivity contribution in [2.75, 3.05) is 13.6 Å². The monoisotopic (exact) mass is 230 g/mol. The van der Waals surface area contributed by atoms with Gasteiger partial charge in [0.15, 0.2) is 5.65 Å². The van der Waals surface area contributed by atoms with Crippen molar-refractivity contribution in [2.45, 2.75) is 32.4 Å². The van der Waals surface area contributed by atoms with E-state index in [0.717, 1.165) is 17.7 Å². The number of likely N-dealkylation sites (tertiary alicyclic amines) is 1. The summed E-state index contributed by atoms with van der Waals surface area (Å²) in [4.78, 5) is 11.6. The van der Waals surface area contributed by atoms with Crippen molar-refractivity contribution in [3.63, 3.8) is 0 Å². The van der Waals surface area contributed by atoms with Crippen molar-refractivity contribution in [1.82, 2.24) is 19.4 Å². The molecule has 4 nitrogen and oxygen atoms in total. The highest BCUT2D eigenvalue weighted by Gasteiger charge is 2.27. The van der Waals surface area contributed by atoms with E-state index in [1.54, 1.807) is 0 Å². The average Bonchev–Trinajstić information content (AvgIpc) is 2.91. The third-order valence-electron chi connectivity index (χ3n) is 3.67. The molecule has 0 spiro atoms. The molecule has 0 aromatic carbocycles. The number of nitrogens with zero attached hydrogens (tertiary/aromatic N) is 4. The first-order chi connectivity index (χ1) is 8.31. The van der Waals surface area contributed by atoms with Gasteiger partial charge >= 0.3 is 0 Å². The second-order valence-electron chi connectivity index (χ2n) is 4.70. The van der Waals surface area contributed by atoms with Crippen LogP contribution in [0.1, 0.15) is 31.6 Å². The number of imidazole rings is 1. The quantitative estimate of drug-likeness (QED) is 0.793. The van der Waals surface area contributed by atoms with E-state index in [-0.39, 0.29) is 0 Å². The van der Waals surface area contributed by atoms with Crippen LogP contribution in [0.5, 0.6) is 0 Å². The summed E-state index contributed by atoms with van der Waals surface area (Å²) >= 11 is 0. The minimum absolute atomic E-state index is 0.462. The van der Waals surface area contributed by atoms with Gasteiger partial charge in [0.25, 0.3) is 0 Å². The Morgan fingerprint density at radius 3 is 3.06 bits per heavy atom. The second-order valence-corrected chi connectivity index (χ2v) is 4.70. The van der Waals surface area contributed by atoms with Crippen LogP contribution < -0.4 is 0 Å². The van der Waals surface area contributed by atoms with Gasteiger partial charge in [0.1, 0.15) is 11.3 Å². The lowest BCUT2D eigenvalue weighted by Crippen LogP contribution is -2.21. The van der Waals surface area contributed by atoms with Crippen molar-refractivity contribution >= 4 is 11.2 Å². The molecule has 4 heteroatoms. The van der Waals surface area contributed by atoms with Crippen LogP contribution in [0.25, 0.3) is 11.2 Å². The standard InChI is InChI=1S/C13H18N4/c1-3-17-12-10(6-4-8-14-12)15-13(17)11-7-5-9-16(11)2/h4,6,8,11H,3,5,7,9H2,1-2H3. The van der Waals surface area contributed by atoms with Gasteiger partial charge in [-0.25, -0.2) is 9.97 Å². The van der Waals surface area contributed by atoms with E-state index in [1.165, 1.54) is 25.2 Å². The molecule has 1 saturated heterocycles. The third-order valence-corrected chi connectivity index (χ3v) is 3.67. The van der Waals surface area contributed by atoms with Crippen molar-refractivity contribution in [2.24, 2.45) is 0 Å². The Kier molecular flexibility index (Phi) is 2.59. The van der Waals surface area contributed by atoms with E-state index >= 15 is 0 Å². The minimum atomic E-state index is 0.462. The van der Waals surface area contributed by atoms with Crippen LogP contribution in [-0.2, 0) is 6.54 Å². The number of aromatic nitrogens is 3. The second kappa shape index (κ2) is 4.11.